The van der Waals surface area contributed by atoms with E-state index >= 15 is 0 Å². The molecule has 5 rings (SSSR count). The Labute approximate surface area is 175 Å². The van der Waals surface area contributed by atoms with Crippen molar-refractivity contribution in [3.8, 4) is 11.1 Å². The van der Waals surface area contributed by atoms with Crippen LogP contribution in [-0.2, 0) is 0 Å². The maximum absolute atomic E-state index is 13.4. The number of carbonyl (C=O) groups excluding carboxylic acids is 1. The molecular weight excluding hydrogens is 379 g/mol. The number of likely N-dealkylation sites (tertiary alicyclic amines) is 1. The zero-order valence-corrected chi connectivity index (χ0v) is 16.5. The van der Waals surface area contributed by atoms with Crippen LogP contribution < -0.4 is 5.32 Å². The van der Waals surface area contributed by atoms with Gasteiger partial charge in [0.05, 0.1) is 18.7 Å². The van der Waals surface area contributed by atoms with Gasteiger partial charge in [-0.05, 0) is 59.5 Å². The van der Waals surface area contributed by atoms with Crippen molar-refractivity contribution in [2.24, 2.45) is 5.92 Å². The number of hydrogen-bond acceptors (Lipinski definition) is 3. The van der Waals surface area contributed by atoms with Crippen LogP contribution >= 0.6 is 0 Å². The molecule has 1 fully saturated rings. The van der Waals surface area contributed by atoms with Crippen molar-refractivity contribution in [3.63, 3.8) is 0 Å². The molecular formula is C25H23FN2O2. The van der Waals surface area contributed by atoms with Crippen LogP contribution in [0.4, 0.5) is 10.1 Å². The van der Waals surface area contributed by atoms with E-state index in [9.17, 15) is 14.3 Å². The van der Waals surface area contributed by atoms with Gasteiger partial charge >= 0.3 is 0 Å². The third-order valence-electron chi connectivity index (χ3n) is 6.33. The first-order chi connectivity index (χ1) is 14.7. The molecule has 0 saturated carbocycles. The molecule has 5 heteroatoms. The summed E-state index contributed by atoms with van der Waals surface area (Å²) < 4.78 is 13.4. The second-order valence-corrected chi connectivity index (χ2v) is 8.00. The predicted octanol–water partition coefficient (Wildman–Crippen LogP) is 4.48. The van der Waals surface area contributed by atoms with Crippen molar-refractivity contribution in [2.75, 3.05) is 18.5 Å². The highest BCUT2D eigenvalue weighted by molar-refractivity contribution is 5.95. The molecule has 4 nitrogen and oxygen atoms in total. The molecule has 0 aliphatic carbocycles. The minimum absolute atomic E-state index is 0.0137. The van der Waals surface area contributed by atoms with Crippen molar-refractivity contribution in [1.82, 2.24) is 4.90 Å². The molecule has 3 aromatic carbocycles. The zero-order chi connectivity index (χ0) is 20.7. The number of fused-ring (bicyclic) bond motifs is 3. The molecule has 2 N–H and O–H groups in total. The van der Waals surface area contributed by atoms with E-state index in [2.05, 4.69) is 11.4 Å². The lowest BCUT2D eigenvalue weighted by Gasteiger charge is -2.39. The molecule has 3 aromatic rings. The van der Waals surface area contributed by atoms with Gasteiger partial charge in [-0.15, -0.1) is 0 Å². The lowest BCUT2D eigenvalue weighted by molar-refractivity contribution is 0.0701. The molecule has 2 aliphatic heterocycles. The first-order valence-corrected chi connectivity index (χ1v) is 10.3. The van der Waals surface area contributed by atoms with Crippen LogP contribution in [0.15, 0.2) is 72.8 Å². The molecule has 0 unspecified atom stereocenters. The smallest absolute Gasteiger partial charge is 0.254 e. The van der Waals surface area contributed by atoms with Gasteiger partial charge in [0.15, 0.2) is 0 Å². The molecule has 0 aromatic heterocycles. The zero-order valence-electron chi connectivity index (χ0n) is 16.5. The molecule has 1 amide bonds. The van der Waals surface area contributed by atoms with Gasteiger partial charge in [0.1, 0.15) is 5.82 Å². The number of halogens is 1. The molecule has 2 aliphatic rings. The van der Waals surface area contributed by atoms with Crippen molar-refractivity contribution < 1.29 is 14.3 Å². The highest BCUT2D eigenvalue weighted by Gasteiger charge is 2.45. The number of carbonyl (C=O) groups is 1. The Kier molecular flexibility index (Phi) is 4.75. The van der Waals surface area contributed by atoms with E-state index in [1.807, 2.05) is 47.4 Å². The molecule has 152 valence electrons. The number of nitrogens with zero attached hydrogens (tertiary/aromatic N) is 1. The number of aliphatic hydroxyl groups is 1. The summed E-state index contributed by atoms with van der Waals surface area (Å²) >= 11 is 0. The van der Waals surface area contributed by atoms with Gasteiger partial charge in [-0.3, -0.25) is 4.79 Å². The SMILES string of the molecule is O=C(c1ccccc1)N1CC[C@@H]2[C@H](CO)Nc3ccc(-c4ccc(F)cc4)cc3[C@@H]21. The number of amides is 1. The van der Waals surface area contributed by atoms with Crippen LogP contribution in [0.5, 0.6) is 0 Å². The first kappa shape index (κ1) is 18.8. The summed E-state index contributed by atoms with van der Waals surface area (Å²) in [4.78, 5) is 15.2. The second kappa shape index (κ2) is 7.58. The maximum atomic E-state index is 13.4. The molecule has 0 bridgehead atoms. The highest BCUT2D eigenvalue weighted by atomic mass is 19.1. The quantitative estimate of drug-likeness (QED) is 0.679. The van der Waals surface area contributed by atoms with E-state index in [1.165, 1.54) is 12.1 Å². The number of nitrogens with one attached hydrogen (secondary N) is 1. The fraction of sp³-hybridized carbons (Fsp3) is 0.240. The van der Waals surface area contributed by atoms with Gasteiger partial charge in [-0.25, -0.2) is 4.39 Å². The Bertz CT molecular complexity index is 1070. The predicted molar refractivity (Wildman–Crippen MR) is 115 cm³/mol. The number of benzene rings is 3. The van der Waals surface area contributed by atoms with Crippen LogP contribution in [0, 0.1) is 11.7 Å². The molecule has 2 heterocycles. The Balaban J connectivity index is 1.57. The van der Waals surface area contributed by atoms with E-state index in [4.69, 9.17) is 0 Å². The van der Waals surface area contributed by atoms with E-state index in [-0.39, 0.29) is 36.3 Å². The van der Waals surface area contributed by atoms with Crippen LogP contribution in [0.1, 0.15) is 28.4 Å². The third kappa shape index (κ3) is 3.15. The maximum Gasteiger partial charge on any atom is 0.254 e. The van der Waals surface area contributed by atoms with Gasteiger partial charge < -0.3 is 15.3 Å². The summed E-state index contributed by atoms with van der Waals surface area (Å²) in [6.07, 6.45) is 0.835. The average molecular weight is 402 g/mol. The van der Waals surface area contributed by atoms with Crippen LogP contribution in [-0.4, -0.2) is 35.1 Å². The van der Waals surface area contributed by atoms with Gasteiger partial charge in [-0.2, -0.15) is 0 Å². The molecule has 3 atom stereocenters. The highest BCUT2D eigenvalue weighted by Crippen LogP contribution is 2.47. The van der Waals surface area contributed by atoms with E-state index in [0.29, 0.717) is 12.1 Å². The summed E-state index contributed by atoms with van der Waals surface area (Å²) in [6.45, 7) is 0.676. The van der Waals surface area contributed by atoms with Gasteiger partial charge in [0, 0.05) is 23.7 Å². The van der Waals surface area contributed by atoms with E-state index in [0.717, 1.165) is 28.8 Å². The van der Waals surface area contributed by atoms with Crippen molar-refractivity contribution in [2.45, 2.75) is 18.5 Å². The third-order valence-corrected chi connectivity index (χ3v) is 6.33. The minimum Gasteiger partial charge on any atom is -0.394 e. The largest absolute Gasteiger partial charge is 0.394 e. The van der Waals surface area contributed by atoms with E-state index in [1.54, 1.807) is 12.1 Å². The molecule has 0 spiro atoms. The molecule has 30 heavy (non-hydrogen) atoms. The Morgan fingerprint density at radius 1 is 1.03 bits per heavy atom. The lowest BCUT2D eigenvalue weighted by Crippen LogP contribution is -2.42. The normalized spacial score (nSPS) is 22.2. The summed E-state index contributed by atoms with van der Waals surface area (Å²) in [7, 11) is 0. The minimum atomic E-state index is -0.264. The average Bonchev–Trinajstić information content (AvgIpc) is 3.24. The van der Waals surface area contributed by atoms with Crippen LogP contribution in [0.3, 0.4) is 0 Å². The van der Waals surface area contributed by atoms with Crippen molar-refractivity contribution in [3.05, 3.63) is 89.7 Å². The van der Waals surface area contributed by atoms with Crippen LogP contribution in [0.25, 0.3) is 11.1 Å². The summed E-state index contributed by atoms with van der Waals surface area (Å²) in [6, 6.07) is 21.7. The van der Waals surface area contributed by atoms with E-state index < -0.39 is 0 Å². The van der Waals surface area contributed by atoms with Gasteiger partial charge in [0.2, 0.25) is 0 Å². The van der Waals surface area contributed by atoms with Gasteiger partial charge in [-0.1, -0.05) is 36.4 Å². The van der Waals surface area contributed by atoms with Crippen molar-refractivity contribution >= 4 is 11.6 Å². The lowest BCUT2D eigenvalue weighted by atomic mass is 9.82. The fourth-order valence-electron chi connectivity index (χ4n) is 4.86. The Morgan fingerprint density at radius 2 is 1.77 bits per heavy atom. The number of rotatable bonds is 3. The number of anilines is 1. The summed E-state index contributed by atoms with van der Waals surface area (Å²) in [5, 5.41) is 13.4. The topological polar surface area (TPSA) is 52.6 Å². The fourth-order valence-corrected chi connectivity index (χ4v) is 4.86. The van der Waals surface area contributed by atoms with Gasteiger partial charge in [0.25, 0.3) is 5.91 Å². The Hall–Kier alpha value is -3.18. The molecule has 0 radical (unpaired) electrons. The monoisotopic (exact) mass is 402 g/mol. The Morgan fingerprint density at radius 3 is 2.50 bits per heavy atom. The summed E-state index contributed by atoms with van der Waals surface area (Å²) in [5.74, 6) is -0.113. The second-order valence-electron chi connectivity index (χ2n) is 8.00. The number of hydrogen-bond donors (Lipinski definition) is 2. The first-order valence-electron chi connectivity index (χ1n) is 10.3. The van der Waals surface area contributed by atoms with Crippen LogP contribution in [0.2, 0.25) is 0 Å². The van der Waals surface area contributed by atoms with Crippen molar-refractivity contribution in [1.29, 1.82) is 0 Å². The number of aliphatic hydroxyl groups excluding tert-OH is 1. The standard InChI is InChI=1S/C25H23FN2O2/c26-19-9-6-16(7-10-19)18-8-11-22-21(14-18)24-20(23(15-29)27-22)12-13-28(24)25(30)17-4-2-1-3-5-17/h1-11,14,20,23-24,27,29H,12-13,15H2/t20-,23+,24-/m1/s1. The molecule has 1 saturated heterocycles. The summed E-state index contributed by atoms with van der Waals surface area (Å²) in [5.41, 5.74) is 4.57.